The van der Waals surface area contributed by atoms with Crippen LogP contribution in [0.4, 0.5) is 10.8 Å². The van der Waals surface area contributed by atoms with E-state index in [0.29, 0.717) is 17.4 Å². The van der Waals surface area contributed by atoms with Gasteiger partial charge in [-0.2, -0.15) is 0 Å². The molecule has 1 saturated heterocycles. The Kier molecular flexibility index (Phi) is 6.48. The third-order valence-electron chi connectivity index (χ3n) is 4.81. The molecule has 0 saturated carbocycles. The molecule has 0 aliphatic carbocycles. The molecule has 1 fully saturated rings. The zero-order chi connectivity index (χ0) is 21.0. The molecular formula is C20H24N4O4S. The van der Waals surface area contributed by atoms with Gasteiger partial charge in [0.2, 0.25) is 17.7 Å². The molecule has 2 N–H and O–H groups in total. The van der Waals surface area contributed by atoms with E-state index in [9.17, 15) is 14.4 Å². The molecule has 2 aromatic rings. The normalized spacial score (nSPS) is 16.0. The second kappa shape index (κ2) is 9.04. The summed E-state index contributed by atoms with van der Waals surface area (Å²) >= 11 is 1.42. The Morgan fingerprint density at radius 1 is 1.28 bits per heavy atom. The predicted octanol–water partition coefficient (Wildman–Crippen LogP) is 2.27. The van der Waals surface area contributed by atoms with E-state index in [4.69, 9.17) is 4.74 Å². The fourth-order valence-electron chi connectivity index (χ4n) is 3.05. The van der Waals surface area contributed by atoms with Crippen LogP contribution >= 0.6 is 11.3 Å². The van der Waals surface area contributed by atoms with Crippen molar-refractivity contribution in [2.45, 2.75) is 26.7 Å². The van der Waals surface area contributed by atoms with Crippen LogP contribution < -0.4 is 20.3 Å². The van der Waals surface area contributed by atoms with Crippen LogP contribution in [0.1, 0.15) is 23.4 Å². The molecule has 1 unspecified atom stereocenters. The maximum atomic E-state index is 12.4. The molecule has 0 bridgehead atoms. The van der Waals surface area contributed by atoms with E-state index in [2.05, 4.69) is 15.6 Å². The molecule has 154 valence electrons. The Bertz CT molecular complexity index is 890. The van der Waals surface area contributed by atoms with E-state index in [0.717, 1.165) is 16.3 Å². The number of nitrogens with zero attached hydrogens (tertiary/aromatic N) is 2. The number of nitrogens with one attached hydrogen (secondary N) is 2. The number of aromatic nitrogens is 1. The fraction of sp³-hybridized carbons (Fsp3) is 0.400. The number of rotatable bonds is 7. The van der Waals surface area contributed by atoms with E-state index < -0.39 is 5.92 Å². The number of carbonyl (C=O) groups is 3. The molecule has 0 radical (unpaired) electrons. The number of aryl methyl sites for hydroxylation is 2. The fourth-order valence-corrected chi connectivity index (χ4v) is 3.88. The zero-order valence-corrected chi connectivity index (χ0v) is 17.5. The maximum absolute atomic E-state index is 12.4. The molecule has 1 aliphatic rings. The molecule has 2 heterocycles. The van der Waals surface area contributed by atoms with Gasteiger partial charge < -0.3 is 20.3 Å². The third-order valence-corrected chi connectivity index (χ3v) is 5.79. The average Bonchev–Trinajstić information content (AvgIpc) is 3.23. The van der Waals surface area contributed by atoms with E-state index in [-0.39, 0.29) is 37.1 Å². The van der Waals surface area contributed by atoms with Crippen molar-refractivity contribution in [3.8, 4) is 5.75 Å². The van der Waals surface area contributed by atoms with Gasteiger partial charge in [0.05, 0.1) is 18.7 Å². The van der Waals surface area contributed by atoms with Crippen molar-refractivity contribution >= 4 is 39.9 Å². The van der Waals surface area contributed by atoms with Crippen molar-refractivity contribution in [3.05, 3.63) is 34.8 Å². The Labute approximate surface area is 173 Å². The van der Waals surface area contributed by atoms with Gasteiger partial charge in [-0.3, -0.25) is 14.4 Å². The number of methoxy groups -OCH3 is 1. The van der Waals surface area contributed by atoms with Crippen molar-refractivity contribution in [2.75, 3.05) is 30.4 Å². The van der Waals surface area contributed by atoms with Crippen molar-refractivity contribution in [1.29, 1.82) is 0 Å². The number of hydrogen-bond acceptors (Lipinski definition) is 6. The van der Waals surface area contributed by atoms with Crippen LogP contribution in [-0.2, 0) is 14.4 Å². The van der Waals surface area contributed by atoms with E-state index >= 15 is 0 Å². The first-order valence-electron chi connectivity index (χ1n) is 9.33. The molecule has 9 heteroatoms. The highest BCUT2D eigenvalue weighted by atomic mass is 32.1. The molecule has 1 aliphatic heterocycles. The summed E-state index contributed by atoms with van der Waals surface area (Å²) in [4.78, 5) is 43.6. The smallest absolute Gasteiger partial charge is 0.227 e. The molecule has 3 rings (SSSR count). The van der Waals surface area contributed by atoms with Crippen molar-refractivity contribution < 1.29 is 19.1 Å². The molecule has 0 spiro atoms. The number of ether oxygens (including phenoxy) is 1. The Morgan fingerprint density at radius 3 is 2.62 bits per heavy atom. The highest BCUT2D eigenvalue weighted by molar-refractivity contribution is 7.15. The second-order valence-electron chi connectivity index (χ2n) is 6.85. The maximum Gasteiger partial charge on any atom is 0.227 e. The highest BCUT2D eigenvalue weighted by Gasteiger charge is 2.35. The van der Waals surface area contributed by atoms with Crippen LogP contribution in [0.5, 0.6) is 5.75 Å². The van der Waals surface area contributed by atoms with Crippen LogP contribution in [0, 0.1) is 19.8 Å². The SMILES string of the molecule is COc1ccc(N2CC(C(=O)NCCC(=O)Nc3nc(C)c(C)s3)CC2=O)cc1. The number of anilines is 2. The predicted molar refractivity (Wildman–Crippen MR) is 111 cm³/mol. The number of hydrogen-bond donors (Lipinski definition) is 2. The van der Waals surface area contributed by atoms with Gasteiger partial charge in [0.1, 0.15) is 5.75 Å². The molecule has 1 aromatic heterocycles. The summed E-state index contributed by atoms with van der Waals surface area (Å²) in [5.41, 5.74) is 1.63. The van der Waals surface area contributed by atoms with Crippen LogP contribution in [0.2, 0.25) is 0 Å². The van der Waals surface area contributed by atoms with Crippen LogP contribution in [-0.4, -0.2) is 42.9 Å². The van der Waals surface area contributed by atoms with Crippen molar-refractivity contribution in [1.82, 2.24) is 10.3 Å². The summed E-state index contributed by atoms with van der Waals surface area (Å²) in [6.45, 7) is 4.36. The van der Waals surface area contributed by atoms with Gasteiger partial charge >= 0.3 is 0 Å². The Balaban J connectivity index is 1.45. The lowest BCUT2D eigenvalue weighted by atomic mass is 10.1. The summed E-state index contributed by atoms with van der Waals surface area (Å²) < 4.78 is 5.12. The highest BCUT2D eigenvalue weighted by Crippen LogP contribution is 2.27. The Morgan fingerprint density at radius 2 is 2.00 bits per heavy atom. The molecule has 29 heavy (non-hydrogen) atoms. The Hall–Kier alpha value is -2.94. The largest absolute Gasteiger partial charge is 0.497 e. The van der Waals surface area contributed by atoms with Crippen molar-refractivity contribution in [2.24, 2.45) is 5.92 Å². The minimum atomic E-state index is -0.433. The van der Waals surface area contributed by atoms with Crippen LogP contribution in [0.3, 0.4) is 0 Å². The van der Waals surface area contributed by atoms with Gasteiger partial charge in [0, 0.05) is 36.5 Å². The first-order valence-corrected chi connectivity index (χ1v) is 10.1. The summed E-state index contributed by atoms with van der Waals surface area (Å²) in [7, 11) is 1.58. The van der Waals surface area contributed by atoms with Gasteiger partial charge in [0.25, 0.3) is 0 Å². The number of carbonyl (C=O) groups excluding carboxylic acids is 3. The monoisotopic (exact) mass is 416 g/mol. The number of thiazole rings is 1. The second-order valence-corrected chi connectivity index (χ2v) is 8.06. The van der Waals surface area contributed by atoms with Gasteiger partial charge in [-0.25, -0.2) is 4.98 Å². The molecule has 3 amide bonds. The first-order chi connectivity index (χ1) is 13.9. The summed E-state index contributed by atoms with van der Waals surface area (Å²) in [6, 6.07) is 7.15. The van der Waals surface area contributed by atoms with Gasteiger partial charge in [-0.05, 0) is 38.1 Å². The number of amides is 3. The lowest BCUT2D eigenvalue weighted by molar-refractivity contribution is -0.126. The van der Waals surface area contributed by atoms with Gasteiger partial charge in [-0.1, -0.05) is 0 Å². The molecular weight excluding hydrogens is 392 g/mol. The van der Waals surface area contributed by atoms with E-state index in [1.54, 1.807) is 36.3 Å². The standard InChI is InChI=1S/C20H24N4O4S/c1-12-13(2)29-20(22-12)23-17(25)8-9-21-19(27)14-10-18(26)24(11-14)15-4-6-16(28-3)7-5-15/h4-7,14H,8-11H2,1-3H3,(H,21,27)(H,22,23,25). The van der Waals surface area contributed by atoms with E-state index in [1.807, 2.05) is 13.8 Å². The summed E-state index contributed by atoms with van der Waals surface area (Å²) in [6.07, 6.45) is 0.300. The zero-order valence-electron chi connectivity index (χ0n) is 16.7. The van der Waals surface area contributed by atoms with Gasteiger partial charge in [0.15, 0.2) is 5.13 Å². The molecule has 1 aromatic carbocycles. The lowest BCUT2D eigenvalue weighted by Crippen LogP contribution is -2.34. The van der Waals surface area contributed by atoms with Gasteiger partial charge in [-0.15, -0.1) is 11.3 Å². The molecule has 1 atom stereocenters. The topological polar surface area (TPSA) is 101 Å². The van der Waals surface area contributed by atoms with Crippen LogP contribution in [0.15, 0.2) is 24.3 Å². The third kappa shape index (κ3) is 5.11. The quantitative estimate of drug-likeness (QED) is 0.721. The minimum absolute atomic E-state index is 0.0948. The molecule has 8 nitrogen and oxygen atoms in total. The summed E-state index contributed by atoms with van der Waals surface area (Å²) in [5, 5.41) is 6.05. The van der Waals surface area contributed by atoms with Crippen molar-refractivity contribution in [3.63, 3.8) is 0 Å². The first kappa shape index (κ1) is 20.8. The van der Waals surface area contributed by atoms with E-state index in [1.165, 1.54) is 11.3 Å². The lowest BCUT2D eigenvalue weighted by Gasteiger charge is -2.17. The minimum Gasteiger partial charge on any atom is -0.497 e. The summed E-state index contributed by atoms with van der Waals surface area (Å²) in [5.74, 6) is -0.250. The van der Waals surface area contributed by atoms with Crippen LogP contribution in [0.25, 0.3) is 0 Å². The number of benzene rings is 1. The average molecular weight is 417 g/mol.